The highest BCUT2D eigenvalue weighted by Gasteiger charge is 2.35. The molecular formula is C11H9F3N2O2. The van der Waals surface area contributed by atoms with Crippen LogP contribution in [0.25, 0.3) is 0 Å². The highest BCUT2D eigenvalue weighted by Crippen LogP contribution is 2.27. The van der Waals surface area contributed by atoms with Crippen LogP contribution in [0.1, 0.15) is 6.92 Å². The van der Waals surface area contributed by atoms with E-state index in [1.165, 1.54) is 6.92 Å². The van der Waals surface area contributed by atoms with Gasteiger partial charge in [-0.05, 0) is 6.92 Å². The minimum atomic E-state index is -1.22. The molecule has 2 amide bonds. The third-order valence-corrected chi connectivity index (χ3v) is 2.67. The van der Waals surface area contributed by atoms with Crippen LogP contribution < -0.4 is 10.2 Å². The maximum absolute atomic E-state index is 13.6. The quantitative estimate of drug-likeness (QED) is 0.815. The van der Waals surface area contributed by atoms with Crippen molar-refractivity contribution < 1.29 is 22.8 Å². The standard InChI is InChI=1S/C11H9F3N2O2/c1-5-11(18)15-4-9(17)16(5)10-7(13)2-6(12)3-8(10)14/h2-3,5H,4H2,1H3,(H,15,18). The number of hydrogen-bond acceptors (Lipinski definition) is 2. The smallest absolute Gasteiger partial charge is 0.247 e. The minimum Gasteiger partial charge on any atom is -0.345 e. The summed E-state index contributed by atoms with van der Waals surface area (Å²) < 4.78 is 39.9. The van der Waals surface area contributed by atoms with Crippen molar-refractivity contribution in [2.75, 3.05) is 11.4 Å². The second-order valence-corrected chi connectivity index (χ2v) is 3.88. The topological polar surface area (TPSA) is 49.4 Å². The van der Waals surface area contributed by atoms with E-state index in [4.69, 9.17) is 0 Å². The van der Waals surface area contributed by atoms with Gasteiger partial charge in [-0.3, -0.25) is 14.5 Å². The number of rotatable bonds is 1. The van der Waals surface area contributed by atoms with E-state index in [0.717, 1.165) is 0 Å². The van der Waals surface area contributed by atoms with Crippen molar-refractivity contribution in [3.8, 4) is 0 Å². The fraction of sp³-hybridized carbons (Fsp3) is 0.273. The van der Waals surface area contributed by atoms with Crippen LogP contribution in [0.2, 0.25) is 0 Å². The summed E-state index contributed by atoms with van der Waals surface area (Å²) in [7, 11) is 0. The van der Waals surface area contributed by atoms with Gasteiger partial charge in [0, 0.05) is 12.1 Å². The summed E-state index contributed by atoms with van der Waals surface area (Å²) in [6.07, 6.45) is 0. The Balaban J connectivity index is 2.53. The average molecular weight is 258 g/mol. The highest BCUT2D eigenvalue weighted by atomic mass is 19.1. The summed E-state index contributed by atoms with van der Waals surface area (Å²) in [6.45, 7) is 0.980. The van der Waals surface area contributed by atoms with E-state index in [1.54, 1.807) is 0 Å². The maximum Gasteiger partial charge on any atom is 0.247 e. The van der Waals surface area contributed by atoms with Crippen molar-refractivity contribution in [2.45, 2.75) is 13.0 Å². The number of anilines is 1. The lowest BCUT2D eigenvalue weighted by Gasteiger charge is -2.33. The van der Waals surface area contributed by atoms with E-state index in [0.29, 0.717) is 17.0 Å². The molecule has 0 radical (unpaired) electrons. The molecular weight excluding hydrogens is 249 g/mol. The van der Waals surface area contributed by atoms with Crippen molar-refractivity contribution in [2.24, 2.45) is 0 Å². The van der Waals surface area contributed by atoms with Crippen molar-refractivity contribution in [3.63, 3.8) is 0 Å². The Morgan fingerprint density at radius 3 is 2.33 bits per heavy atom. The Bertz CT molecular complexity index is 510. The number of carbonyl (C=O) groups excluding carboxylic acids is 2. The number of hydrogen-bond donors (Lipinski definition) is 1. The van der Waals surface area contributed by atoms with Crippen molar-refractivity contribution in [1.29, 1.82) is 0 Å². The maximum atomic E-state index is 13.6. The van der Waals surface area contributed by atoms with Crippen molar-refractivity contribution >= 4 is 17.5 Å². The zero-order valence-electron chi connectivity index (χ0n) is 9.34. The lowest BCUT2D eigenvalue weighted by Crippen LogP contribution is -2.57. The predicted molar refractivity (Wildman–Crippen MR) is 56.3 cm³/mol. The van der Waals surface area contributed by atoms with Gasteiger partial charge in [0.05, 0.1) is 6.54 Å². The summed E-state index contributed by atoms with van der Waals surface area (Å²) in [4.78, 5) is 23.7. The Morgan fingerprint density at radius 1 is 1.22 bits per heavy atom. The van der Waals surface area contributed by atoms with Crippen LogP contribution in [0.4, 0.5) is 18.9 Å². The molecule has 1 unspecified atom stereocenters. The molecule has 2 rings (SSSR count). The minimum absolute atomic E-state index is 0.348. The van der Waals surface area contributed by atoms with Crippen LogP contribution in [0.3, 0.4) is 0 Å². The lowest BCUT2D eigenvalue weighted by atomic mass is 10.1. The molecule has 4 nitrogen and oxygen atoms in total. The number of nitrogens with zero attached hydrogens (tertiary/aromatic N) is 1. The molecule has 1 aromatic rings. The highest BCUT2D eigenvalue weighted by molar-refractivity contribution is 6.06. The molecule has 0 spiro atoms. The lowest BCUT2D eigenvalue weighted by molar-refractivity contribution is -0.130. The predicted octanol–water partition coefficient (Wildman–Crippen LogP) is 0.955. The first kappa shape index (κ1) is 12.4. The van der Waals surface area contributed by atoms with Crippen molar-refractivity contribution in [1.82, 2.24) is 5.32 Å². The Morgan fingerprint density at radius 2 is 1.78 bits per heavy atom. The second kappa shape index (κ2) is 4.32. The fourth-order valence-electron chi connectivity index (χ4n) is 1.81. The third kappa shape index (κ3) is 1.92. The van der Waals surface area contributed by atoms with E-state index in [1.807, 2.05) is 0 Å². The first-order valence-corrected chi connectivity index (χ1v) is 5.16. The SMILES string of the molecule is CC1C(=O)NCC(=O)N1c1c(F)cc(F)cc1F. The second-order valence-electron chi connectivity index (χ2n) is 3.88. The van der Waals surface area contributed by atoms with Crippen LogP contribution >= 0.6 is 0 Å². The molecule has 1 saturated heterocycles. The Kier molecular flexibility index (Phi) is 2.98. The van der Waals surface area contributed by atoms with Gasteiger partial charge in [0.2, 0.25) is 11.8 Å². The van der Waals surface area contributed by atoms with Gasteiger partial charge < -0.3 is 5.32 Å². The molecule has 1 heterocycles. The van der Waals surface area contributed by atoms with E-state index in [2.05, 4.69) is 5.32 Å². The van der Waals surface area contributed by atoms with Crippen LogP contribution in [0.15, 0.2) is 12.1 Å². The molecule has 0 saturated carbocycles. The van der Waals surface area contributed by atoms with E-state index in [-0.39, 0.29) is 6.54 Å². The number of carbonyl (C=O) groups is 2. The molecule has 0 bridgehead atoms. The van der Waals surface area contributed by atoms with Gasteiger partial charge >= 0.3 is 0 Å². The molecule has 1 fully saturated rings. The Labute approximate surface area is 100 Å². The molecule has 1 aliphatic rings. The summed E-state index contributed by atoms with van der Waals surface area (Å²) in [5.41, 5.74) is -0.705. The van der Waals surface area contributed by atoms with Crippen molar-refractivity contribution in [3.05, 3.63) is 29.6 Å². The number of piperazine rings is 1. The van der Waals surface area contributed by atoms with Crippen LogP contribution in [-0.4, -0.2) is 24.4 Å². The third-order valence-electron chi connectivity index (χ3n) is 2.67. The number of nitrogens with one attached hydrogen (secondary N) is 1. The number of halogens is 3. The zero-order valence-corrected chi connectivity index (χ0v) is 9.34. The number of amides is 2. The summed E-state index contributed by atoms with van der Waals surface area (Å²) in [5.74, 6) is -4.72. The monoisotopic (exact) mass is 258 g/mol. The molecule has 1 N–H and O–H groups in total. The van der Waals surface area contributed by atoms with E-state index < -0.39 is 41.0 Å². The van der Waals surface area contributed by atoms with Gasteiger partial charge in [0.15, 0.2) is 11.6 Å². The normalized spacial score (nSPS) is 20.0. The van der Waals surface area contributed by atoms with Gasteiger partial charge in [0.1, 0.15) is 17.5 Å². The zero-order chi connectivity index (χ0) is 13.4. The van der Waals surface area contributed by atoms with Gasteiger partial charge in [-0.25, -0.2) is 13.2 Å². The van der Waals surface area contributed by atoms with Gasteiger partial charge in [-0.1, -0.05) is 0 Å². The molecule has 1 aliphatic heterocycles. The van der Waals surface area contributed by atoms with E-state index >= 15 is 0 Å². The van der Waals surface area contributed by atoms with Gasteiger partial charge in [0.25, 0.3) is 0 Å². The Hall–Kier alpha value is -2.05. The molecule has 1 aromatic carbocycles. The summed E-state index contributed by atoms with van der Waals surface area (Å²) in [6, 6.07) is -0.128. The average Bonchev–Trinajstić information content (AvgIpc) is 2.27. The fourth-order valence-corrected chi connectivity index (χ4v) is 1.81. The molecule has 96 valence electrons. The van der Waals surface area contributed by atoms with E-state index in [9.17, 15) is 22.8 Å². The number of benzene rings is 1. The molecule has 1 atom stereocenters. The molecule has 0 aromatic heterocycles. The first-order valence-electron chi connectivity index (χ1n) is 5.16. The van der Waals surface area contributed by atoms with Gasteiger partial charge in [-0.15, -0.1) is 0 Å². The molecule has 18 heavy (non-hydrogen) atoms. The molecule has 0 aliphatic carbocycles. The van der Waals surface area contributed by atoms with Crippen LogP contribution in [0.5, 0.6) is 0 Å². The first-order chi connectivity index (χ1) is 8.41. The van der Waals surface area contributed by atoms with Crippen LogP contribution in [-0.2, 0) is 9.59 Å². The summed E-state index contributed by atoms with van der Waals surface area (Å²) >= 11 is 0. The van der Waals surface area contributed by atoms with Gasteiger partial charge in [-0.2, -0.15) is 0 Å². The van der Waals surface area contributed by atoms with Crippen LogP contribution in [0, 0.1) is 17.5 Å². The largest absolute Gasteiger partial charge is 0.345 e. The summed E-state index contributed by atoms with van der Waals surface area (Å²) in [5, 5.41) is 2.28. The molecule has 7 heteroatoms.